The number of amides is 1. The van der Waals surface area contributed by atoms with Gasteiger partial charge in [0.05, 0.1) is 10.6 Å². The Labute approximate surface area is 193 Å². The van der Waals surface area contributed by atoms with E-state index in [2.05, 4.69) is 4.98 Å². The summed E-state index contributed by atoms with van der Waals surface area (Å²) in [4.78, 5) is 18.3. The van der Waals surface area contributed by atoms with Gasteiger partial charge >= 0.3 is 6.09 Å². The predicted molar refractivity (Wildman–Crippen MR) is 123 cm³/mol. The van der Waals surface area contributed by atoms with Gasteiger partial charge in [-0.3, -0.25) is 0 Å². The average molecular weight is 487 g/mol. The summed E-state index contributed by atoms with van der Waals surface area (Å²) < 4.78 is 49.4. The Kier molecular flexibility index (Phi) is 8.27. The molecule has 10 heteroatoms. The normalized spacial score (nSPS) is 14.0. The highest BCUT2D eigenvalue weighted by Gasteiger charge is 2.31. The fourth-order valence-corrected chi connectivity index (χ4v) is 4.23. The second-order valence-corrected chi connectivity index (χ2v) is 11.6. The molecule has 2 rings (SSSR count). The van der Waals surface area contributed by atoms with Crippen molar-refractivity contribution in [3.05, 3.63) is 40.3 Å². The van der Waals surface area contributed by atoms with Gasteiger partial charge in [-0.25, -0.2) is 22.6 Å². The summed E-state index contributed by atoms with van der Waals surface area (Å²) in [5, 5.41) is 2.03. The molecule has 0 radical (unpaired) electrons. The molecule has 0 bridgehead atoms. The van der Waals surface area contributed by atoms with E-state index >= 15 is 4.39 Å². The molecule has 1 unspecified atom stereocenters. The van der Waals surface area contributed by atoms with Crippen molar-refractivity contribution in [2.45, 2.75) is 63.8 Å². The van der Waals surface area contributed by atoms with Crippen molar-refractivity contribution in [2.75, 3.05) is 19.3 Å². The minimum absolute atomic E-state index is 0.0842. The van der Waals surface area contributed by atoms with Crippen LogP contribution in [0.5, 0.6) is 5.75 Å². The summed E-state index contributed by atoms with van der Waals surface area (Å²) in [6.45, 7) is 9.39. The fraction of sp³-hybridized carbons (Fsp3) is 0.545. The zero-order valence-electron chi connectivity index (χ0n) is 19.3. The molecule has 1 atom stereocenters. The van der Waals surface area contributed by atoms with E-state index in [1.165, 1.54) is 35.3 Å². The Morgan fingerprint density at radius 2 is 1.81 bits per heavy atom. The lowest BCUT2D eigenvalue weighted by Gasteiger charge is -2.28. The number of carbonyl (C=O) groups excluding carboxylic acids is 1. The molecule has 1 aromatic carbocycles. The molecular weight excluding hydrogens is 455 g/mol. The molecular formula is C22H31FN2O5S2. The average Bonchev–Trinajstić information content (AvgIpc) is 3.15. The Balaban J connectivity index is 1.95. The number of thiazole rings is 1. The van der Waals surface area contributed by atoms with E-state index < -0.39 is 27.2 Å². The van der Waals surface area contributed by atoms with Gasteiger partial charge in [0.15, 0.2) is 15.5 Å². The maximum atomic E-state index is 15.3. The predicted octanol–water partition coefficient (Wildman–Crippen LogP) is 4.96. The lowest BCUT2D eigenvalue weighted by Crippen LogP contribution is -2.38. The summed E-state index contributed by atoms with van der Waals surface area (Å²) in [7, 11) is -3.27. The first-order chi connectivity index (χ1) is 14.7. The molecule has 0 N–H and O–H groups in total. The van der Waals surface area contributed by atoms with E-state index in [9.17, 15) is 13.2 Å². The third kappa shape index (κ3) is 7.74. The molecule has 0 saturated carbocycles. The molecule has 0 aliphatic heterocycles. The molecule has 1 aromatic heterocycles. The Bertz CT molecular complexity index is 1010. The SMILES string of the molecule is CCN(CCC(C)(F)c1nc(COc2ccc(S(C)(=O)=O)cc2)cs1)C(=O)OC(C)(C)C. The summed E-state index contributed by atoms with van der Waals surface area (Å²) in [5.41, 5.74) is -1.76. The van der Waals surface area contributed by atoms with Crippen LogP contribution in [0.1, 0.15) is 51.7 Å². The van der Waals surface area contributed by atoms with Crippen LogP contribution >= 0.6 is 11.3 Å². The fourth-order valence-electron chi connectivity index (χ4n) is 2.71. The van der Waals surface area contributed by atoms with Crippen molar-refractivity contribution in [3.8, 4) is 5.75 Å². The van der Waals surface area contributed by atoms with Crippen LogP contribution in [0.2, 0.25) is 0 Å². The number of alkyl halides is 1. The van der Waals surface area contributed by atoms with Crippen molar-refractivity contribution in [1.82, 2.24) is 9.88 Å². The van der Waals surface area contributed by atoms with Crippen molar-refractivity contribution in [3.63, 3.8) is 0 Å². The zero-order chi connectivity index (χ0) is 24.2. The van der Waals surface area contributed by atoms with Gasteiger partial charge in [-0.05, 0) is 58.9 Å². The second-order valence-electron chi connectivity index (χ2n) is 8.68. The highest BCUT2D eigenvalue weighted by atomic mass is 32.2. The van der Waals surface area contributed by atoms with Crippen LogP contribution in [0, 0.1) is 0 Å². The third-order valence-electron chi connectivity index (χ3n) is 4.52. The monoisotopic (exact) mass is 486 g/mol. The van der Waals surface area contributed by atoms with E-state index in [1.54, 1.807) is 38.3 Å². The Morgan fingerprint density at radius 1 is 1.19 bits per heavy atom. The van der Waals surface area contributed by atoms with Gasteiger partial charge in [-0.2, -0.15) is 0 Å². The Hall–Kier alpha value is -2.20. The van der Waals surface area contributed by atoms with E-state index in [-0.39, 0.29) is 24.5 Å². The standard InChI is InChI=1S/C22H31FN2O5S2/c1-7-25(20(26)30-21(2,3)4)13-12-22(5,23)19-24-16(15-31-19)14-29-17-8-10-18(11-9-17)32(6,27)28/h8-11,15H,7,12-14H2,1-6H3. The maximum Gasteiger partial charge on any atom is 0.410 e. The first-order valence-corrected chi connectivity index (χ1v) is 13.0. The number of nitrogens with zero attached hydrogens (tertiary/aromatic N) is 2. The van der Waals surface area contributed by atoms with Crippen molar-refractivity contribution in [1.29, 1.82) is 0 Å². The number of rotatable bonds is 9. The summed E-state index contributed by atoms with van der Waals surface area (Å²) in [6.07, 6.45) is 0.757. The van der Waals surface area contributed by atoms with Gasteiger partial charge in [0.25, 0.3) is 0 Å². The van der Waals surface area contributed by atoms with Crippen LogP contribution in [0.4, 0.5) is 9.18 Å². The van der Waals surface area contributed by atoms with E-state index in [1.807, 2.05) is 6.92 Å². The quantitative estimate of drug-likeness (QED) is 0.498. The molecule has 0 aliphatic carbocycles. The van der Waals surface area contributed by atoms with Gasteiger partial charge in [-0.15, -0.1) is 11.3 Å². The first kappa shape index (κ1) is 26.1. The van der Waals surface area contributed by atoms with Crippen molar-refractivity contribution >= 4 is 27.3 Å². The number of carbonyl (C=O) groups is 1. The molecule has 1 amide bonds. The molecule has 178 valence electrons. The van der Waals surface area contributed by atoms with Gasteiger partial charge in [0.1, 0.15) is 23.0 Å². The molecule has 0 spiro atoms. The molecule has 32 heavy (non-hydrogen) atoms. The maximum absolute atomic E-state index is 15.3. The van der Waals surface area contributed by atoms with E-state index in [0.29, 0.717) is 23.0 Å². The van der Waals surface area contributed by atoms with E-state index in [4.69, 9.17) is 9.47 Å². The van der Waals surface area contributed by atoms with Crippen LogP contribution in [0.25, 0.3) is 0 Å². The molecule has 1 heterocycles. The number of aromatic nitrogens is 1. The number of ether oxygens (including phenoxy) is 2. The highest BCUT2D eigenvalue weighted by molar-refractivity contribution is 7.90. The third-order valence-corrected chi connectivity index (χ3v) is 6.78. The number of sulfone groups is 1. The smallest absolute Gasteiger partial charge is 0.410 e. The molecule has 0 saturated heterocycles. The molecule has 2 aromatic rings. The lowest BCUT2D eigenvalue weighted by atomic mass is 10.1. The van der Waals surface area contributed by atoms with Crippen LogP contribution in [-0.4, -0.2) is 49.3 Å². The first-order valence-electron chi connectivity index (χ1n) is 10.3. The van der Waals surface area contributed by atoms with Crippen molar-refractivity contribution < 1.29 is 27.1 Å². The second kappa shape index (κ2) is 10.2. The highest BCUT2D eigenvalue weighted by Crippen LogP contribution is 2.32. The number of hydrogen-bond donors (Lipinski definition) is 0. The van der Waals surface area contributed by atoms with Crippen LogP contribution in [0.15, 0.2) is 34.5 Å². The van der Waals surface area contributed by atoms with Crippen molar-refractivity contribution in [2.24, 2.45) is 0 Å². The minimum Gasteiger partial charge on any atom is -0.487 e. The van der Waals surface area contributed by atoms with Crippen LogP contribution in [0.3, 0.4) is 0 Å². The topological polar surface area (TPSA) is 85.8 Å². The van der Waals surface area contributed by atoms with Gasteiger partial charge in [0.2, 0.25) is 0 Å². The molecule has 0 aliphatic rings. The molecule has 7 nitrogen and oxygen atoms in total. The summed E-state index contributed by atoms with van der Waals surface area (Å²) in [6, 6.07) is 6.08. The summed E-state index contributed by atoms with van der Waals surface area (Å²) in [5.74, 6) is 0.492. The minimum atomic E-state index is -3.27. The summed E-state index contributed by atoms with van der Waals surface area (Å²) >= 11 is 1.20. The van der Waals surface area contributed by atoms with Crippen LogP contribution < -0.4 is 4.74 Å². The van der Waals surface area contributed by atoms with Gasteiger partial charge in [0, 0.05) is 31.1 Å². The number of hydrogen-bond acceptors (Lipinski definition) is 7. The zero-order valence-corrected chi connectivity index (χ0v) is 21.0. The number of benzene rings is 1. The Morgan fingerprint density at radius 3 is 2.34 bits per heavy atom. The number of halogens is 1. The van der Waals surface area contributed by atoms with Gasteiger partial charge in [-0.1, -0.05) is 0 Å². The lowest BCUT2D eigenvalue weighted by molar-refractivity contribution is 0.0224. The molecule has 0 fully saturated rings. The largest absolute Gasteiger partial charge is 0.487 e. The van der Waals surface area contributed by atoms with Gasteiger partial charge < -0.3 is 14.4 Å². The van der Waals surface area contributed by atoms with E-state index in [0.717, 1.165) is 6.26 Å². The van der Waals surface area contributed by atoms with Crippen LogP contribution in [-0.2, 0) is 26.8 Å².